The van der Waals surface area contributed by atoms with Gasteiger partial charge in [-0.15, -0.1) is 0 Å². The Morgan fingerprint density at radius 3 is 3.00 bits per heavy atom. The van der Waals surface area contributed by atoms with Crippen molar-refractivity contribution in [2.75, 3.05) is 23.9 Å². The molecule has 7 heteroatoms. The summed E-state index contributed by atoms with van der Waals surface area (Å²) in [6, 6.07) is 0.125. The molecule has 0 aliphatic rings. The minimum atomic E-state index is -0.179. The Kier molecular flexibility index (Phi) is 6.01. The first-order chi connectivity index (χ1) is 8.10. The van der Waals surface area contributed by atoms with Crippen molar-refractivity contribution in [1.29, 1.82) is 0 Å². The van der Waals surface area contributed by atoms with Crippen LogP contribution in [-0.4, -0.2) is 39.5 Å². The van der Waals surface area contributed by atoms with Crippen molar-refractivity contribution in [1.82, 2.24) is 9.78 Å². The third kappa shape index (κ3) is 4.01. The quantitative estimate of drug-likeness (QED) is 0.820. The molecule has 5 nitrogen and oxygen atoms in total. The average molecular weight is 322 g/mol. The highest BCUT2D eigenvalue weighted by Gasteiger charge is 2.12. The van der Waals surface area contributed by atoms with Crippen LogP contribution in [0.4, 0.5) is 5.69 Å². The van der Waals surface area contributed by atoms with E-state index < -0.39 is 0 Å². The van der Waals surface area contributed by atoms with Crippen LogP contribution in [0.25, 0.3) is 0 Å². The first-order valence-electron chi connectivity index (χ1n) is 5.18. The van der Waals surface area contributed by atoms with Crippen molar-refractivity contribution in [3.63, 3.8) is 0 Å². The minimum Gasteiger partial charge on any atom is -0.396 e. The molecule has 1 atom stereocenters. The number of aryl methyl sites for hydroxylation is 1. The van der Waals surface area contributed by atoms with Crippen LogP contribution in [0.2, 0.25) is 0 Å². The molecule has 1 heterocycles. The lowest BCUT2D eigenvalue weighted by atomic mass is 10.2. The van der Waals surface area contributed by atoms with E-state index in [4.69, 9.17) is 5.11 Å². The highest BCUT2D eigenvalue weighted by Crippen LogP contribution is 2.18. The van der Waals surface area contributed by atoms with Crippen LogP contribution < -0.4 is 10.9 Å². The normalized spacial score (nSPS) is 12.5. The molecule has 17 heavy (non-hydrogen) atoms. The molecule has 0 unspecified atom stereocenters. The van der Waals surface area contributed by atoms with E-state index in [0.717, 1.165) is 5.75 Å². The van der Waals surface area contributed by atoms with E-state index >= 15 is 0 Å². The maximum atomic E-state index is 11.6. The Morgan fingerprint density at radius 2 is 2.41 bits per heavy atom. The molecule has 0 fully saturated rings. The zero-order valence-electron chi connectivity index (χ0n) is 9.81. The molecule has 1 rings (SSSR count). The summed E-state index contributed by atoms with van der Waals surface area (Å²) in [4.78, 5) is 11.6. The van der Waals surface area contributed by atoms with E-state index in [2.05, 4.69) is 26.3 Å². The maximum absolute atomic E-state index is 11.6. The second-order valence-electron chi connectivity index (χ2n) is 3.61. The summed E-state index contributed by atoms with van der Waals surface area (Å²) in [6.45, 7) is 0.119. The van der Waals surface area contributed by atoms with Crippen LogP contribution in [0.1, 0.15) is 6.42 Å². The highest BCUT2D eigenvalue weighted by atomic mass is 79.9. The van der Waals surface area contributed by atoms with E-state index in [-0.39, 0.29) is 18.2 Å². The summed E-state index contributed by atoms with van der Waals surface area (Å²) in [7, 11) is 1.60. The molecule has 0 saturated carbocycles. The fourth-order valence-electron chi connectivity index (χ4n) is 1.39. The van der Waals surface area contributed by atoms with Gasteiger partial charge >= 0.3 is 0 Å². The Bertz CT molecular complexity index is 419. The van der Waals surface area contributed by atoms with Crippen molar-refractivity contribution < 1.29 is 5.11 Å². The van der Waals surface area contributed by atoms with Crippen LogP contribution in [0.15, 0.2) is 15.5 Å². The van der Waals surface area contributed by atoms with Crippen LogP contribution in [-0.2, 0) is 7.05 Å². The molecule has 0 aliphatic carbocycles. The summed E-state index contributed by atoms with van der Waals surface area (Å²) in [5, 5.41) is 16.1. The van der Waals surface area contributed by atoms with E-state index in [9.17, 15) is 4.79 Å². The van der Waals surface area contributed by atoms with Gasteiger partial charge in [0.05, 0.1) is 11.9 Å². The first-order valence-corrected chi connectivity index (χ1v) is 7.37. The second kappa shape index (κ2) is 7.03. The van der Waals surface area contributed by atoms with Gasteiger partial charge in [-0.05, 0) is 28.6 Å². The number of hydrogen-bond acceptors (Lipinski definition) is 5. The number of aliphatic hydroxyl groups excluding tert-OH is 1. The van der Waals surface area contributed by atoms with E-state index in [1.807, 2.05) is 6.26 Å². The summed E-state index contributed by atoms with van der Waals surface area (Å²) in [6.07, 6.45) is 4.25. The van der Waals surface area contributed by atoms with Gasteiger partial charge in [-0.25, -0.2) is 4.68 Å². The fraction of sp³-hybridized carbons (Fsp3) is 0.600. The van der Waals surface area contributed by atoms with Gasteiger partial charge in [-0.1, -0.05) is 0 Å². The number of rotatable bonds is 6. The molecular weight excluding hydrogens is 306 g/mol. The van der Waals surface area contributed by atoms with Crippen LogP contribution >= 0.6 is 27.7 Å². The van der Waals surface area contributed by atoms with Gasteiger partial charge in [0, 0.05) is 25.4 Å². The summed E-state index contributed by atoms with van der Waals surface area (Å²) in [5.41, 5.74) is 0.488. The Balaban J connectivity index is 2.86. The Labute approximate surface area is 113 Å². The lowest BCUT2D eigenvalue weighted by molar-refractivity contribution is 0.282. The van der Waals surface area contributed by atoms with Gasteiger partial charge in [0.1, 0.15) is 4.47 Å². The topological polar surface area (TPSA) is 67.2 Å². The molecule has 2 N–H and O–H groups in total. The van der Waals surface area contributed by atoms with Crippen LogP contribution in [0, 0.1) is 0 Å². The van der Waals surface area contributed by atoms with Gasteiger partial charge in [0.15, 0.2) is 0 Å². The zero-order valence-corrected chi connectivity index (χ0v) is 12.2. The average Bonchev–Trinajstić information content (AvgIpc) is 2.30. The van der Waals surface area contributed by atoms with Crippen molar-refractivity contribution in [2.24, 2.45) is 7.05 Å². The zero-order chi connectivity index (χ0) is 12.8. The van der Waals surface area contributed by atoms with Gasteiger partial charge in [-0.3, -0.25) is 4.79 Å². The monoisotopic (exact) mass is 321 g/mol. The lowest BCUT2D eigenvalue weighted by Gasteiger charge is -2.18. The number of hydrogen-bond donors (Lipinski definition) is 2. The van der Waals surface area contributed by atoms with Crippen LogP contribution in [0.3, 0.4) is 0 Å². The largest absolute Gasteiger partial charge is 0.396 e. The third-order valence-electron chi connectivity index (χ3n) is 2.28. The van der Waals surface area contributed by atoms with Crippen molar-refractivity contribution in [2.45, 2.75) is 12.5 Å². The van der Waals surface area contributed by atoms with Gasteiger partial charge in [0.2, 0.25) is 0 Å². The number of nitrogens with one attached hydrogen (secondary N) is 1. The summed E-state index contributed by atoms with van der Waals surface area (Å²) in [5.74, 6) is 0.863. The summed E-state index contributed by atoms with van der Waals surface area (Å²) < 4.78 is 1.74. The Morgan fingerprint density at radius 1 is 1.71 bits per heavy atom. The van der Waals surface area contributed by atoms with Crippen molar-refractivity contribution in [3.8, 4) is 0 Å². The van der Waals surface area contributed by atoms with E-state index in [1.165, 1.54) is 4.68 Å². The maximum Gasteiger partial charge on any atom is 0.282 e. The third-order valence-corrected chi connectivity index (χ3v) is 3.79. The highest BCUT2D eigenvalue weighted by molar-refractivity contribution is 9.10. The number of thioether (sulfide) groups is 1. The second-order valence-corrected chi connectivity index (χ2v) is 5.31. The lowest BCUT2D eigenvalue weighted by Crippen LogP contribution is -2.27. The molecule has 0 spiro atoms. The van der Waals surface area contributed by atoms with E-state index in [1.54, 1.807) is 25.0 Å². The van der Waals surface area contributed by atoms with Gasteiger partial charge in [0.25, 0.3) is 5.56 Å². The molecule has 0 aromatic carbocycles. The minimum absolute atomic E-state index is 0.119. The fourth-order valence-corrected chi connectivity index (χ4v) is 2.51. The van der Waals surface area contributed by atoms with Gasteiger partial charge in [-0.2, -0.15) is 16.9 Å². The number of halogens is 1. The molecule has 1 aromatic rings. The molecule has 0 aliphatic heterocycles. The summed E-state index contributed by atoms with van der Waals surface area (Å²) >= 11 is 4.95. The molecular formula is C10H16BrN3O2S. The Hall–Kier alpha value is -0.530. The van der Waals surface area contributed by atoms with Crippen molar-refractivity contribution in [3.05, 3.63) is 21.0 Å². The molecule has 96 valence electrons. The predicted octanol–water partition coefficient (Wildman–Crippen LogP) is 1.07. The predicted molar refractivity (Wildman–Crippen MR) is 74.7 cm³/mol. The van der Waals surface area contributed by atoms with Crippen molar-refractivity contribution >= 4 is 33.4 Å². The molecule has 0 radical (unpaired) electrons. The standard InChI is InChI=1S/C10H16BrN3O2S/c1-14-10(16)9(11)8(5-12-14)13-7(3-4-15)6-17-2/h5,7,13,15H,3-4,6H2,1-2H3/t7-/m0/s1. The SMILES string of the molecule is CSC[C@H](CCO)Nc1cnn(C)c(=O)c1Br. The first kappa shape index (κ1) is 14.5. The number of aliphatic hydroxyl groups is 1. The smallest absolute Gasteiger partial charge is 0.282 e. The molecule has 0 saturated heterocycles. The van der Waals surface area contributed by atoms with Gasteiger partial charge < -0.3 is 10.4 Å². The van der Waals surface area contributed by atoms with E-state index in [0.29, 0.717) is 16.6 Å². The molecule has 1 aromatic heterocycles. The van der Waals surface area contributed by atoms with Crippen LogP contribution in [0.5, 0.6) is 0 Å². The number of nitrogens with zero attached hydrogens (tertiary/aromatic N) is 2. The number of anilines is 1. The number of aromatic nitrogens is 2. The molecule has 0 amide bonds. The molecule has 0 bridgehead atoms.